The molecule has 0 bridgehead atoms. The van der Waals surface area contributed by atoms with Crippen molar-refractivity contribution < 1.29 is 19.4 Å². The van der Waals surface area contributed by atoms with Gasteiger partial charge in [0.15, 0.2) is 0 Å². The van der Waals surface area contributed by atoms with Gasteiger partial charge in [-0.05, 0) is 24.3 Å². The SMILES string of the molecule is CC(C)CC(CO)C(=O)N1C(=O)OC[C@H]1Cc1ccccc1. The Morgan fingerprint density at radius 1 is 1.36 bits per heavy atom. The lowest BCUT2D eigenvalue weighted by Crippen LogP contribution is -2.44. The van der Waals surface area contributed by atoms with Crippen molar-refractivity contribution in [1.82, 2.24) is 4.90 Å². The lowest BCUT2D eigenvalue weighted by atomic mass is 9.95. The van der Waals surface area contributed by atoms with Crippen LogP contribution in [0.3, 0.4) is 0 Å². The summed E-state index contributed by atoms with van der Waals surface area (Å²) in [6, 6.07) is 9.39. The molecule has 1 aromatic rings. The maximum Gasteiger partial charge on any atom is 0.416 e. The molecular weight excluding hydrogens is 282 g/mol. The molecular formula is C17H23NO4. The summed E-state index contributed by atoms with van der Waals surface area (Å²) in [6.45, 7) is 3.93. The first kappa shape index (κ1) is 16.5. The van der Waals surface area contributed by atoms with E-state index in [1.54, 1.807) is 0 Å². The standard InChI is InChI=1S/C17H23NO4/c1-12(2)8-14(10-19)16(20)18-15(11-22-17(18)21)9-13-6-4-3-5-7-13/h3-7,12,14-15,19H,8-11H2,1-2H3/t14?,15-/m1/s1. The number of hydrogen-bond acceptors (Lipinski definition) is 4. The first-order valence-corrected chi connectivity index (χ1v) is 7.67. The maximum atomic E-state index is 12.6. The van der Waals surface area contributed by atoms with Gasteiger partial charge < -0.3 is 9.84 Å². The van der Waals surface area contributed by atoms with Crippen molar-refractivity contribution in [1.29, 1.82) is 0 Å². The third kappa shape index (κ3) is 3.85. The highest BCUT2D eigenvalue weighted by Gasteiger charge is 2.40. The number of carbonyl (C=O) groups is 2. The third-order valence-electron chi connectivity index (χ3n) is 3.84. The molecule has 1 saturated heterocycles. The van der Waals surface area contributed by atoms with Crippen LogP contribution in [0, 0.1) is 11.8 Å². The average Bonchev–Trinajstić information content (AvgIpc) is 2.85. The van der Waals surface area contributed by atoms with Crippen LogP contribution in [-0.2, 0) is 16.0 Å². The molecule has 2 rings (SSSR count). The Hall–Kier alpha value is -1.88. The van der Waals surface area contributed by atoms with Crippen LogP contribution in [0.4, 0.5) is 4.79 Å². The molecule has 5 heteroatoms. The third-order valence-corrected chi connectivity index (χ3v) is 3.84. The Kier molecular flexibility index (Phi) is 5.55. The summed E-state index contributed by atoms with van der Waals surface area (Å²) >= 11 is 0. The number of amides is 2. The fourth-order valence-corrected chi connectivity index (χ4v) is 2.79. The number of cyclic esters (lactones) is 1. The normalized spacial score (nSPS) is 19.4. The van der Waals surface area contributed by atoms with E-state index in [1.165, 1.54) is 4.90 Å². The van der Waals surface area contributed by atoms with Crippen LogP contribution < -0.4 is 0 Å². The molecule has 1 N–H and O–H groups in total. The highest BCUT2D eigenvalue weighted by Crippen LogP contribution is 2.22. The Labute approximate surface area is 130 Å². The van der Waals surface area contributed by atoms with E-state index < -0.39 is 12.0 Å². The number of carbonyl (C=O) groups excluding carboxylic acids is 2. The van der Waals surface area contributed by atoms with Gasteiger partial charge in [0.25, 0.3) is 0 Å². The van der Waals surface area contributed by atoms with Gasteiger partial charge in [-0.1, -0.05) is 44.2 Å². The van der Waals surface area contributed by atoms with Gasteiger partial charge in [-0.2, -0.15) is 0 Å². The van der Waals surface area contributed by atoms with Crippen molar-refractivity contribution in [2.24, 2.45) is 11.8 Å². The maximum absolute atomic E-state index is 12.6. The lowest BCUT2D eigenvalue weighted by molar-refractivity contribution is -0.135. The van der Waals surface area contributed by atoms with E-state index in [0.29, 0.717) is 12.8 Å². The zero-order valence-corrected chi connectivity index (χ0v) is 13.1. The van der Waals surface area contributed by atoms with Gasteiger partial charge in [0.05, 0.1) is 18.6 Å². The van der Waals surface area contributed by atoms with Gasteiger partial charge in [0.2, 0.25) is 5.91 Å². The van der Waals surface area contributed by atoms with Crippen molar-refractivity contribution in [3.05, 3.63) is 35.9 Å². The Morgan fingerprint density at radius 2 is 2.05 bits per heavy atom. The zero-order valence-electron chi connectivity index (χ0n) is 13.1. The molecule has 1 fully saturated rings. The van der Waals surface area contributed by atoms with E-state index in [0.717, 1.165) is 5.56 Å². The van der Waals surface area contributed by atoms with Crippen LogP contribution in [0.1, 0.15) is 25.8 Å². The number of nitrogens with zero attached hydrogens (tertiary/aromatic N) is 1. The van der Waals surface area contributed by atoms with E-state index in [4.69, 9.17) is 4.74 Å². The molecule has 1 aliphatic rings. The van der Waals surface area contributed by atoms with Crippen LogP contribution >= 0.6 is 0 Å². The Balaban J connectivity index is 2.11. The summed E-state index contributed by atoms with van der Waals surface area (Å²) in [5.74, 6) is -0.615. The molecule has 2 amide bonds. The highest BCUT2D eigenvalue weighted by molar-refractivity contribution is 5.94. The van der Waals surface area contributed by atoms with E-state index in [1.807, 2.05) is 44.2 Å². The smallest absolute Gasteiger partial charge is 0.416 e. The van der Waals surface area contributed by atoms with Gasteiger partial charge in [0, 0.05) is 0 Å². The second-order valence-electron chi connectivity index (χ2n) is 6.14. The number of aliphatic hydroxyl groups excluding tert-OH is 1. The molecule has 5 nitrogen and oxygen atoms in total. The average molecular weight is 305 g/mol. The Morgan fingerprint density at radius 3 is 2.64 bits per heavy atom. The summed E-state index contributed by atoms with van der Waals surface area (Å²) in [5, 5.41) is 9.47. The molecule has 0 aliphatic carbocycles. The fraction of sp³-hybridized carbons (Fsp3) is 0.529. The molecule has 1 heterocycles. The quantitative estimate of drug-likeness (QED) is 0.875. The van der Waals surface area contributed by atoms with Crippen LogP contribution in [0.5, 0.6) is 0 Å². The molecule has 1 aliphatic heterocycles. The number of imide groups is 1. The molecule has 0 aromatic heterocycles. The monoisotopic (exact) mass is 305 g/mol. The first-order valence-electron chi connectivity index (χ1n) is 7.67. The topological polar surface area (TPSA) is 66.8 Å². The van der Waals surface area contributed by atoms with Crippen molar-refractivity contribution in [2.45, 2.75) is 32.7 Å². The van der Waals surface area contributed by atoms with E-state index in [-0.39, 0.29) is 31.1 Å². The van der Waals surface area contributed by atoms with E-state index in [9.17, 15) is 14.7 Å². The van der Waals surface area contributed by atoms with E-state index in [2.05, 4.69) is 0 Å². The van der Waals surface area contributed by atoms with Crippen molar-refractivity contribution in [3.8, 4) is 0 Å². The molecule has 0 radical (unpaired) electrons. The van der Waals surface area contributed by atoms with Gasteiger partial charge in [-0.25, -0.2) is 9.69 Å². The van der Waals surface area contributed by atoms with Crippen LogP contribution in [0.2, 0.25) is 0 Å². The van der Waals surface area contributed by atoms with Gasteiger partial charge in [-0.3, -0.25) is 4.79 Å². The zero-order chi connectivity index (χ0) is 16.1. The first-order chi connectivity index (χ1) is 10.5. The molecule has 0 saturated carbocycles. The Bertz CT molecular complexity index is 515. The largest absolute Gasteiger partial charge is 0.447 e. The van der Waals surface area contributed by atoms with Crippen LogP contribution in [-0.4, -0.2) is 41.3 Å². The number of rotatable bonds is 6. The summed E-state index contributed by atoms with van der Waals surface area (Å²) < 4.78 is 5.06. The fourth-order valence-electron chi connectivity index (χ4n) is 2.79. The summed E-state index contributed by atoms with van der Waals surface area (Å²) in [4.78, 5) is 25.7. The highest BCUT2D eigenvalue weighted by atomic mass is 16.6. The minimum Gasteiger partial charge on any atom is -0.447 e. The summed E-state index contributed by atoms with van der Waals surface area (Å²) in [6.07, 6.45) is 0.517. The second kappa shape index (κ2) is 7.40. The minimum atomic E-state index is -0.604. The lowest BCUT2D eigenvalue weighted by Gasteiger charge is -2.24. The van der Waals surface area contributed by atoms with Crippen molar-refractivity contribution in [3.63, 3.8) is 0 Å². The van der Waals surface area contributed by atoms with Crippen LogP contribution in [0.25, 0.3) is 0 Å². The van der Waals surface area contributed by atoms with Gasteiger partial charge in [0.1, 0.15) is 6.61 Å². The van der Waals surface area contributed by atoms with Gasteiger partial charge in [-0.15, -0.1) is 0 Å². The van der Waals surface area contributed by atoms with E-state index >= 15 is 0 Å². The minimum absolute atomic E-state index is 0.208. The number of aliphatic hydroxyl groups is 1. The molecule has 120 valence electrons. The second-order valence-corrected chi connectivity index (χ2v) is 6.14. The van der Waals surface area contributed by atoms with Crippen molar-refractivity contribution >= 4 is 12.0 Å². The molecule has 0 spiro atoms. The molecule has 1 aromatic carbocycles. The molecule has 2 atom stereocenters. The molecule has 22 heavy (non-hydrogen) atoms. The summed E-state index contributed by atoms with van der Waals surface area (Å²) in [5.41, 5.74) is 1.05. The summed E-state index contributed by atoms with van der Waals surface area (Å²) in [7, 11) is 0. The number of ether oxygens (including phenoxy) is 1. The van der Waals surface area contributed by atoms with Crippen LogP contribution in [0.15, 0.2) is 30.3 Å². The predicted octanol–water partition coefficient (Wildman–Crippen LogP) is 2.23. The van der Waals surface area contributed by atoms with Gasteiger partial charge >= 0.3 is 6.09 Å². The molecule has 1 unspecified atom stereocenters. The van der Waals surface area contributed by atoms with Crippen molar-refractivity contribution in [2.75, 3.05) is 13.2 Å². The number of benzene rings is 1. The number of hydrogen-bond donors (Lipinski definition) is 1. The predicted molar refractivity (Wildman–Crippen MR) is 82.2 cm³/mol.